The van der Waals surface area contributed by atoms with Crippen molar-refractivity contribution in [2.45, 2.75) is 45.1 Å². The molecular weight excluding hydrogens is 324 g/mol. The van der Waals surface area contributed by atoms with Gasteiger partial charge in [-0.3, -0.25) is 4.79 Å². The van der Waals surface area contributed by atoms with Crippen molar-refractivity contribution < 1.29 is 9.53 Å². The van der Waals surface area contributed by atoms with Gasteiger partial charge in [0.2, 0.25) is 5.91 Å². The Morgan fingerprint density at radius 3 is 2.65 bits per heavy atom. The van der Waals surface area contributed by atoms with Crippen LogP contribution in [0.3, 0.4) is 0 Å². The number of benzene rings is 1. The first-order chi connectivity index (χ1) is 12.7. The summed E-state index contributed by atoms with van der Waals surface area (Å²) in [6.07, 6.45) is 6.83. The van der Waals surface area contributed by atoms with Crippen molar-refractivity contribution in [2.75, 3.05) is 39.4 Å². The minimum Gasteiger partial charge on any atom is -0.381 e. The number of amides is 1. The fraction of sp³-hybridized carbons (Fsp3) is 0.682. The molecule has 0 N–H and O–H groups in total. The molecule has 3 saturated heterocycles. The summed E-state index contributed by atoms with van der Waals surface area (Å²) in [6, 6.07) is 10.4. The first kappa shape index (κ1) is 18.0. The van der Waals surface area contributed by atoms with Crippen LogP contribution in [0.25, 0.3) is 0 Å². The molecule has 1 atom stereocenters. The molecule has 3 aliphatic heterocycles. The van der Waals surface area contributed by atoms with Gasteiger partial charge in [-0.05, 0) is 68.6 Å². The van der Waals surface area contributed by atoms with Crippen molar-refractivity contribution in [3.63, 3.8) is 0 Å². The molecule has 4 rings (SSSR count). The van der Waals surface area contributed by atoms with Crippen LogP contribution < -0.4 is 0 Å². The maximum Gasteiger partial charge on any atom is 0.222 e. The Bertz CT molecular complexity index is 589. The molecule has 4 heteroatoms. The normalized spacial score (nSPS) is 26.5. The highest BCUT2D eigenvalue weighted by molar-refractivity contribution is 5.77. The number of nitrogens with zero attached hydrogens (tertiary/aromatic N) is 2. The molecule has 1 spiro atoms. The second kappa shape index (κ2) is 8.10. The van der Waals surface area contributed by atoms with E-state index in [1.165, 1.54) is 50.9 Å². The molecule has 0 aromatic heterocycles. The van der Waals surface area contributed by atoms with Crippen LogP contribution >= 0.6 is 0 Å². The van der Waals surface area contributed by atoms with Crippen molar-refractivity contribution in [1.82, 2.24) is 9.80 Å². The molecule has 1 amide bonds. The molecule has 1 unspecified atom stereocenters. The Balaban J connectivity index is 1.29. The minimum absolute atomic E-state index is 0.336. The van der Waals surface area contributed by atoms with E-state index in [4.69, 9.17) is 4.74 Å². The topological polar surface area (TPSA) is 32.8 Å². The van der Waals surface area contributed by atoms with Gasteiger partial charge < -0.3 is 14.5 Å². The summed E-state index contributed by atoms with van der Waals surface area (Å²) in [5, 5.41) is 0. The maximum atomic E-state index is 12.4. The summed E-state index contributed by atoms with van der Waals surface area (Å²) in [7, 11) is 0. The summed E-state index contributed by atoms with van der Waals surface area (Å²) in [6.45, 7) is 7.25. The van der Waals surface area contributed by atoms with Gasteiger partial charge in [-0.15, -0.1) is 0 Å². The Hall–Kier alpha value is -1.39. The lowest BCUT2D eigenvalue weighted by atomic mass is 9.72. The van der Waals surface area contributed by atoms with Crippen LogP contribution in [0, 0.1) is 11.3 Å². The van der Waals surface area contributed by atoms with Crippen LogP contribution in [0.1, 0.15) is 44.1 Å². The predicted molar refractivity (Wildman–Crippen MR) is 103 cm³/mol. The van der Waals surface area contributed by atoms with E-state index in [2.05, 4.69) is 34.1 Å². The summed E-state index contributed by atoms with van der Waals surface area (Å²) >= 11 is 0. The van der Waals surface area contributed by atoms with Crippen LogP contribution in [-0.2, 0) is 16.1 Å². The third kappa shape index (κ3) is 4.29. The zero-order valence-electron chi connectivity index (χ0n) is 15.9. The monoisotopic (exact) mass is 356 g/mol. The van der Waals surface area contributed by atoms with E-state index in [1.807, 2.05) is 6.07 Å². The van der Waals surface area contributed by atoms with Gasteiger partial charge in [-0.25, -0.2) is 0 Å². The highest BCUT2D eigenvalue weighted by Gasteiger charge is 2.40. The maximum absolute atomic E-state index is 12.4. The lowest BCUT2D eigenvalue weighted by molar-refractivity contribution is -0.139. The summed E-state index contributed by atoms with van der Waals surface area (Å²) < 4.78 is 5.50. The van der Waals surface area contributed by atoms with E-state index < -0.39 is 0 Å². The summed E-state index contributed by atoms with van der Waals surface area (Å²) in [4.78, 5) is 17.2. The number of hydrogen-bond donors (Lipinski definition) is 0. The fourth-order valence-electron chi connectivity index (χ4n) is 4.89. The largest absolute Gasteiger partial charge is 0.381 e. The van der Waals surface area contributed by atoms with E-state index in [0.29, 0.717) is 11.3 Å². The number of piperidine rings is 2. The molecule has 3 aliphatic rings. The second-order valence-corrected chi connectivity index (χ2v) is 8.60. The summed E-state index contributed by atoms with van der Waals surface area (Å²) in [5.74, 6) is 1.11. The van der Waals surface area contributed by atoms with Crippen LogP contribution in [0.5, 0.6) is 0 Å². The lowest BCUT2D eigenvalue weighted by Crippen LogP contribution is -2.51. The number of carbonyl (C=O) groups is 1. The van der Waals surface area contributed by atoms with Crippen LogP contribution in [0.15, 0.2) is 30.3 Å². The van der Waals surface area contributed by atoms with Gasteiger partial charge in [0, 0.05) is 32.7 Å². The molecule has 142 valence electrons. The SMILES string of the molecule is O=C1CCC2(CCN(CCC3CCOC3)CC2)CN1Cc1ccccc1. The average Bonchev–Trinajstić information content (AvgIpc) is 3.19. The lowest BCUT2D eigenvalue weighted by Gasteiger charge is -2.47. The zero-order valence-corrected chi connectivity index (χ0v) is 15.9. The van der Waals surface area contributed by atoms with E-state index >= 15 is 0 Å². The molecule has 3 heterocycles. The first-order valence-corrected chi connectivity index (χ1v) is 10.3. The highest BCUT2D eigenvalue weighted by atomic mass is 16.5. The number of carbonyl (C=O) groups excluding carboxylic acids is 1. The van der Waals surface area contributed by atoms with E-state index in [-0.39, 0.29) is 0 Å². The Kier molecular flexibility index (Phi) is 5.60. The first-order valence-electron chi connectivity index (χ1n) is 10.3. The number of likely N-dealkylation sites (tertiary alicyclic amines) is 2. The van der Waals surface area contributed by atoms with E-state index in [0.717, 1.165) is 45.1 Å². The number of ether oxygens (including phenoxy) is 1. The van der Waals surface area contributed by atoms with Gasteiger partial charge in [0.15, 0.2) is 0 Å². The van der Waals surface area contributed by atoms with Crippen LogP contribution in [0.4, 0.5) is 0 Å². The van der Waals surface area contributed by atoms with Crippen LogP contribution in [0.2, 0.25) is 0 Å². The zero-order chi connectivity index (χ0) is 17.8. The number of hydrogen-bond acceptors (Lipinski definition) is 3. The predicted octanol–water partition coefficient (Wildman–Crippen LogP) is 3.32. The average molecular weight is 357 g/mol. The fourth-order valence-corrected chi connectivity index (χ4v) is 4.89. The van der Waals surface area contributed by atoms with E-state index in [9.17, 15) is 4.79 Å². The van der Waals surface area contributed by atoms with Gasteiger partial charge in [-0.1, -0.05) is 30.3 Å². The van der Waals surface area contributed by atoms with Gasteiger partial charge in [0.1, 0.15) is 0 Å². The Morgan fingerprint density at radius 1 is 1.12 bits per heavy atom. The van der Waals surface area contributed by atoms with E-state index in [1.54, 1.807) is 0 Å². The van der Waals surface area contributed by atoms with Gasteiger partial charge >= 0.3 is 0 Å². The molecule has 26 heavy (non-hydrogen) atoms. The van der Waals surface area contributed by atoms with Crippen molar-refractivity contribution in [2.24, 2.45) is 11.3 Å². The molecule has 0 saturated carbocycles. The molecule has 0 bridgehead atoms. The van der Waals surface area contributed by atoms with Crippen LogP contribution in [-0.4, -0.2) is 55.1 Å². The molecule has 3 fully saturated rings. The quantitative estimate of drug-likeness (QED) is 0.811. The molecular formula is C22H32N2O2. The standard InChI is InChI=1S/C22H32N2O2/c25-21-6-9-22(18-24(21)16-19-4-2-1-3-5-19)10-13-23(14-11-22)12-7-20-8-15-26-17-20/h1-5,20H,6-18H2. The Labute approximate surface area is 157 Å². The second-order valence-electron chi connectivity index (χ2n) is 8.60. The van der Waals surface area contributed by atoms with Gasteiger partial charge in [0.25, 0.3) is 0 Å². The molecule has 4 nitrogen and oxygen atoms in total. The van der Waals surface area contributed by atoms with Gasteiger partial charge in [-0.2, -0.15) is 0 Å². The molecule has 0 radical (unpaired) electrons. The van der Waals surface area contributed by atoms with Crippen molar-refractivity contribution >= 4 is 5.91 Å². The highest BCUT2D eigenvalue weighted by Crippen LogP contribution is 2.40. The third-order valence-electron chi connectivity index (χ3n) is 6.76. The minimum atomic E-state index is 0.336. The van der Waals surface area contributed by atoms with Crippen molar-refractivity contribution in [3.8, 4) is 0 Å². The third-order valence-corrected chi connectivity index (χ3v) is 6.76. The molecule has 1 aromatic rings. The van der Waals surface area contributed by atoms with Crippen molar-refractivity contribution in [1.29, 1.82) is 0 Å². The molecule has 0 aliphatic carbocycles. The Morgan fingerprint density at radius 2 is 1.92 bits per heavy atom. The smallest absolute Gasteiger partial charge is 0.222 e. The summed E-state index contributed by atoms with van der Waals surface area (Å²) in [5.41, 5.74) is 1.60. The van der Waals surface area contributed by atoms with Crippen molar-refractivity contribution in [3.05, 3.63) is 35.9 Å². The number of rotatable bonds is 5. The molecule has 1 aromatic carbocycles. The van der Waals surface area contributed by atoms with Gasteiger partial charge in [0.05, 0.1) is 0 Å².